The maximum absolute atomic E-state index is 12.2. The Morgan fingerprint density at radius 1 is 1.26 bits per heavy atom. The highest BCUT2D eigenvalue weighted by atomic mass is 79.9. The summed E-state index contributed by atoms with van der Waals surface area (Å²) in [4.78, 5) is 16.6. The predicted molar refractivity (Wildman–Crippen MR) is 92.4 cm³/mol. The molecule has 0 radical (unpaired) electrons. The van der Waals surface area contributed by atoms with E-state index in [0.717, 1.165) is 22.9 Å². The molecule has 1 fully saturated rings. The zero-order valence-corrected chi connectivity index (χ0v) is 14.4. The average Bonchev–Trinajstić information content (AvgIpc) is 3.07. The third kappa shape index (κ3) is 4.32. The monoisotopic (exact) mass is 374 g/mol. The summed E-state index contributed by atoms with van der Waals surface area (Å²) in [6.45, 7) is 0.404. The standard InChI is InChI=1S/C18H19BrN2O2/c19-15-7-3-5-13(11-15)17(22)21-12-14-6-4-10-20-18(14)23-16-8-1-2-9-16/h3-7,10-11,16H,1-2,8-9,12H2,(H,21,22). The molecule has 0 spiro atoms. The Labute approximate surface area is 144 Å². The maximum atomic E-state index is 12.2. The average molecular weight is 375 g/mol. The summed E-state index contributed by atoms with van der Waals surface area (Å²) < 4.78 is 6.88. The number of nitrogens with zero attached hydrogens (tertiary/aromatic N) is 1. The van der Waals surface area contributed by atoms with Gasteiger partial charge in [-0.2, -0.15) is 0 Å². The van der Waals surface area contributed by atoms with Crippen LogP contribution in [0, 0.1) is 0 Å². The number of benzene rings is 1. The molecule has 0 saturated heterocycles. The van der Waals surface area contributed by atoms with Crippen LogP contribution in [0.4, 0.5) is 0 Å². The number of ether oxygens (including phenoxy) is 1. The Hall–Kier alpha value is -1.88. The summed E-state index contributed by atoms with van der Waals surface area (Å²) in [6.07, 6.45) is 6.58. The van der Waals surface area contributed by atoms with E-state index >= 15 is 0 Å². The Morgan fingerprint density at radius 3 is 2.87 bits per heavy atom. The largest absolute Gasteiger partial charge is 0.474 e. The van der Waals surface area contributed by atoms with Crippen LogP contribution in [0.5, 0.6) is 5.88 Å². The van der Waals surface area contributed by atoms with Crippen molar-refractivity contribution >= 4 is 21.8 Å². The molecule has 0 bridgehead atoms. The third-order valence-corrected chi connectivity index (χ3v) is 4.45. The van der Waals surface area contributed by atoms with E-state index in [0.29, 0.717) is 18.0 Å². The molecule has 1 amide bonds. The van der Waals surface area contributed by atoms with Crippen LogP contribution in [0.1, 0.15) is 41.6 Å². The molecule has 1 saturated carbocycles. The highest BCUT2D eigenvalue weighted by molar-refractivity contribution is 9.10. The number of nitrogens with one attached hydrogen (secondary N) is 1. The Bertz CT molecular complexity index is 684. The van der Waals surface area contributed by atoms with E-state index in [9.17, 15) is 4.79 Å². The summed E-state index contributed by atoms with van der Waals surface area (Å²) in [5.74, 6) is 0.524. The van der Waals surface area contributed by atoms with Gasteiger partial charge >= 0.3 is 0 Å². The van der Waals surface area contributed by atoms with Gasteiger partial charge in [0.15, 0.2) is 0 Å². The van der Waals surface area contributed by atoms with Crippen molar-refractivity contribution in [2.45, 2.75) is 38.3 Å². The van der Waals surface area contributed by atoms with Gasteiger partial charge < -0.3 is 10.1 Å². The molecule has 1 aliphatic carbocycles. The van der Waals surface area contributed by atoms with E-state index in [1.807, 2.05) is 24.3 Å². The zero-order chi connectivity index (χ0) is 16.1. The number of pyridine rings is 1. The SMILES string of the molecule is O=C(NCc1cccnc1OC1CCCC1)c1cccc(Br)c1. The van der Waals surface area contributed by atoms with Gasteiger partial charge in [0.05, 0.1) is 0 Å². The summed E-state index contributed by atoms with van der Waals surface area (Å²) in [5.41, 5.74) is 1.53. The zero-order valence-electron chi connectivity index (χ0n) is 12.8. The second kappa shape index (κ2) is 7.59. The second-order valence-electron chi connectivity index (χ2n) is 5.69. The number of hydrogen-bond donors (Lipinski definition) is 1. The maximum Gasteiger partial charge on any atom is 0.251 e. The van der Waals surface area contributed by atoms with Crippen molar-refractivity contribution in [2.75, 3.05) is 0 Å². The minimum Gasteiger partial charge on any atom is -0.474 e. The number of amides is 1. The molecule has 1 aliphatic rings. The van der Waals surface area contributed by atoms with Crippen LogP contribution in [0.2, 0.25) is 0 Å². The predicted octanol–water partition coefficient (Wildman–Crippen LogP) is 4.10. The van der Waals surface area contributed by atoms with Crippen molar-refractivity contribution in [3.8, 4) is 5.88 Å². The van der Waals surface area contributed by atoms with E-state index in [4.69, 9.17) is 4.74 Å². The van der Waals surface area contributed by atoms with Crippen LogP contribution in [0.25, 0.3) is 0 Å². The Kier molecular flexibility index (Phi) is 5.28. The van der Waals surface area contributed by atoms with Crippen molar-refractivity contribution in [3.63, 3.8) is 0 Å². The van der Waals surface area contributed by atoms with Gasteiger partial charge in [-0.1, -0.05) is 28.1 Å². The molecule has 0 unspecified atom stereocenters. The van der Waals surface area contributed by atoms with Crippen LogP contribution in [-0.2, 0) is 6.54 Å². The van der Waals surface area contributed by atoms with Crippen molar-refractivity contribution in [2.24, 2.45) is 0 Å². The Morgan fingerprint density at radius 2 is 2.09 bits per heavy atom. The number of aromatic nitrogens is 1. The van der Waals surface area contributed by atoms with E-state index in [1.54, 1.807) is 18.3 Å². The first kappa shape index (κ1) is 16.0. The van der Waals surface area contributed by atoms with Gasteiger partial charge in [-0.15, -0.1) is 0 Å². The lowest BCUT2D eigenvalue weighted by molar-refractivity contribution is 0.0950. The molecule has 1 aromatic carbocycles. The summed E-state index contributed by atoms with van der Waals surface area (Å²) in [5, 5.41) is 2.93. The van der Waals surface area contributed by atoms with Gasteiger partial charge in [-0.25, -0.2) is 4.98 Å². The first-order valence-corrected chi connectivity index (χ1v) is 8.66. The summed E-state index contributed by atoms with van der Waals surface area (Å²) in [6, 6.07) is 11.1. The fourth-order valence-electron chi connectivity index (χ4n) is 2.74. The molecular weight excluding hydrogens is 356 g/mol. The lowest BCUT2D eigenvalue weighted by atomic mass is 10.2. The van der Waals surface area contributed by atoms with Crippen molar-refractivity contribution in [1.82, 2.24) is 10.3 Å². The fourth-order valence-corrected chi connectivity index (χ4v) is 3.14. The molecule has 1 aromatic heterocycles. The first-order chi connectivity index (χ1) is 11.2. The van der Waals surface area contributed by atoms with Gasteiger partial charge in [0.2, 0.25) is 5.88 Å². The second-order valence-corrected chi connectivity index (χ2v) is 6.60. The van der Waals surface area contributed by atoms with E-state index in [2.05, 4.69) is 26.2 Å². The normalized spacial score (nSPS) is 14.7. The lowest BCUT2D eigenvalue weighted by Gasteiger charge is -2.15. The smallest absolute Gasteiger partial charge is 0.251 e. The van der Waals surface area contributed by atoms with Crippen LogP contribution >= 0.6 is 15.9 Å². The molecule has 5 heteroatoms. The topological polar surface area (TPSA) is 51.2 Å². The number of halogens is 1. The third-order valence-electron chi connectivity index (χ3n) is 3.96. The molecule has 120 valence electrons. The fraction of sp³-hybridized carbons (Fsp3) is 0.333. The lowest BCUT2D eigenvalue weighted by Crippen LogP contribution is -2.23. The van der Waals surface area contributed by atoms with Crippen LogP contribution in [0.3, 0.4) is 0 Å². The Balaban J connectivity index is 1.64. The minimum atomic E-state index is -0.109. The van der Waals surface area contributed by atoms with E-state index < -0.39 is 0 Å². The molecule has 2 aromatic rings. The van der Waals surface area contributed by atoms with Gasteiger partial charge in [0.25, 0.3) is 5.91 Å². The van der Waals surface area contributed by atoms with Gasteiger partial charge in [0.1, 0.15) is 6.10 Å². The molecule has 0 aliphatic heterocycles. The van der Waals surface area contributed by atoms with Crippen molar-refractivity contribution in [3.05, 3.63) is 58.2 Å². The molecule has 1 N–H and O–H groups in total. The molecule has 3 rings (SSSR count). The number of carbonyl (C=O) groups is 1. The summed E-state index contributed by atoms with van der Waals surface area (Å²) in [7, 11) is 0. The van der Waals surface area contributed by atoms with Crippen LogP contribution < -0.4 is 10.1 Å². The van der Waals surface area contributed by atoms with Crippen molar-refractivity contribution < 1.29 is 9.53 Å². The van der Waals surface area contributed by atoms with Gasteiger partial charge in [0, 0.05) is 28.3 Å². The highest BCUT2D eigenvalue weighted by Gasteiger charge is 2.18. The van der Waals surface area contributed by atoms with E-state index in [-0.39, 0.29) is 12.0 Å². The van der Waals surface area contributed by atoms with E-state index in [1.165, 1.54) is 12.8 Å². The number of hydrogen-bond acceptors (Lipinski definition) is 3. The van der Waals surface area contributed by atoms with Crippen LogP contribution in [0.15, 0.2) is 47.1 Å². The molecule has 4 nitrogen and oxygen atoms in total. The van der Waals surface area contributed by atoms with Gasteiger partial charge in [-0.3, -0.25) is 4.79 Å². The van der Waals surface area contributed by atoms with Crippen LogP contribution in [-0.4, -0.2) is 17.0 Å². The quantitative estimate of drug-likeness (QED) is 0.856. The molecule has 23 heavy (non-hydrogen) atoms. The van der Waals surface area contributed by atoms with Gasteiger partial charge in [-0.05, 0) is 49.9 Å². The molecule has 1 heterocycles. The summed E-state index contributed by atoms with van der Waals surface area (Å²) >= 11 is 3.38. The highest BCUT2D eigenvalue weighted by Crippen LogP contribution is 2.25. The molecular formula is C18H19BrN2O2. The number of rotatable bonds is 5. The minimum absolute atomic E-state index is 0.109. The number of carbonyl (C=O) groups excluding carboxylic acids is 1. The molecule has 0 atom stereocenters. The van der Waals surface area contributed by atoms with Crippen molar-refractivity contribution in [1.29, 1.82) is 0 Å². The first-order valence-electron chi connectivity index (χ1n) is 7.87.